The van der Waals surface area contributed by atoms with Crippen molar-refractivity contribution in [2.45, 2.75) is 50.5 Å². The number of halogens is 2. The number of carbonyl (C=O) groups excluding carboxylic acids is 2. The number of amides is 2. The van der Waals surface area contributed by atoms with E-state index in [1.807, 2.05) is 7.05 Å². The lowest BCUT2D eigenvalue weighted by Gasteiger charge is -2.36. The molecule has 29 heavy (non-hydrogen) atoms. The van der Waals surface area contributed by atoms with Crippen LogP contribution in [0.1, 0.15) is 30.9 Å². The van der Waals surface area contributed by atoms with E-state index in [4.69, 9.17) is 0 Å². The molecule has 1 aromatic carbocycles. The first-order valence-corrected chi connectivity index (χ1v) is 9.57. The first-order valence-electron chi connectivity index (χ1n) is 9.57. The Labute approximate surface area is 169 Å². The van der Waals surface area contributed by atoms with Crippen LogP contribution in [-0.2, 0) is 22.1 Å². The van der Waals surface area contributed by atoms with Gasteiger partial charge in [0.2, 0.25) is 0 Å². The predicted molar refractivity (Wildman–Crippen MR) is 103 cm³/mol. The Morgan fingerprint density at radius 2 is 1.76 bits per heavy atom. The highest BCUT2D eigenvalue weighted by molar-refractivity contribution is 5.90. The number of aliphatic hydroxyl groups excluding tert-OH is 2. The zero-order valence-corrected chi connectivity index (χ0v) is 16.9. The van der Waals surface area contributed by atoms with Gasteiger partial charge < -0.3 is 25.3 Å². The Morgan fingerprint density at radius 3 is 2.28 bits per heavy atom. The van der Waals surface area contributed by atoms with Crippen LogP contribution < -0.4 is 5.32 Å². The van der Waals surface area contributed by atoms with E-state index >= 15 is 0 Å². The standard InChI is InChI=1S/C20H29F2N3O4/c1-20(21,22)14-6-4-13(5-7-14)12-23-18(28)16(26)17(27)19(29)25(3)15-8-10-24(2)11-9-15/h4-7,15-17,26-27H,8-12H2,1-3H3,(H,23,28)/t16-,17-/m1/s1. The number of likely N-dealkylation sites (tertiary alicyclic amines) is 1. The lowest BCUT2D eigenvalue weighted by molar-refractivity contribution is -0.154. The molecule has 0 aromatic heterocycles. The van der Waals surface area contributed by atoms with Gasteiger partial charge in [0, 0.05) is 32.1 Å². The average molecular weight is 413 g/mol. The van der Waals surface area contributed by atoms with Crippen LogP contribution >= 0.6 is 0 Å². The van der Waals surface area contributed by atoms with E-state index in [0.717, 1.165) is 32.9 Å². The predicted octanol–water partition coefficient (Wildman–Crippen LogP) is 0.689. The SMILES string of the molecule is CN1CCC(N(C)C(=O)[C@H](O)[C@@H](O)C(=O)NCc2ccc(C(C)(F)F)cc2)CC1. The number of piperidine rings is 1. The molecule has 0 radical (unpaired) electrons. The van der Waals surface area contributed by atoms with Gasteiger partial charge in [-0.2, -0.15) is 0 Å². The fourth-order valence-corrected chi connectivity index (χ4v) is 3.26. The second kappa shape index (κ2) is 9.60. The fraction of sp³-hybridized carbons (Fsp3) is 0.600. The van der Waals surface area contributed by atoms with Crippen molar-refractivity contribution < 1.29 is 28.6 Å². The van der Waals surface area contributed by atoms with Crippen molar-refractivity contribution in [3.63, 3.8) is 0 Å². The summed E-state index contributed by atoms with van der Waals surface area (Å²) < 4.78 is 26.4. The molecule has 0 spiro atoms. The van der Waals surface area contributed by atoms with Crippen LogP contribution in [0.2, 0.25) is 0 Å². The van der Waals surface area contributed by atoms with E-state index in [2.05, 4.69) is 10.2 Å². The number of likely N-dealkylation sites (N-methyl/N-ethyl adjacent to an activating group) is 1. The summed E-state index contributed by atoms with van der Waals surface area (Å²) in [6.07, 6.45) is -2.29. The van der Waals surface area contributed by atoms with E-state index in [-0.39, 0.29) is 18.2 Å². The average Bonchev–Trinajstić information content (AvgIpc) is 2.70. The maximum atomic E-state index is 13.2. The Morgan fingerprint density at radius 1 is 1.21 bits per heavy atom. The van der Waals surface area contributed by atoms with Gasteiger partial charge in [-0.25, -0.2) is 8.78 Å². The maximum absolute atomic E-state index is 13.2. The van der Waals surface area contributed by atoms with Crippen molar-refractivity contribution in [2.75, 3.05) is 27.2 Å². The van der Waals surface area contributed by atoms with Gasteiger partial charge in [0.1, 0.15) is 0 Å². The van der Waals surface area contributed by atoms with Crippen molar-refractivity contribution in [1.29, 1.82) is 0 Å². The largest absolute Gasteiger partial charge is 0.380 e. The van der Waals surface area contributed by atoms with E-state index in [9.17, 15) is 28.6 Å². The van der Waals surface area contributed by atoms with Gasteiger partial charge in [-0.3, -0.25) is 9.59 Å². The molecule has 0 saturated carbocycles. The van der Waals surface area contributed by atoms with Crippen LogP contribution in [-0.4, -0.2) is 77.3 Å². The molecule has 1 aliphatic heterocycles. The molecule has 3 N–H and O–H groups in total. The Kier molecular flexibility index (Phi) is 7.67. The number of rotatable bonds is 7. The third-order valence-electron chi connectivity index (χ3n) is 5.33. The molecule has 1 saturated heterocycles. The summed E-state index contributed by atoms with van der Waals surface area (Å²) in [6.45, 7) is 2.41. The maximum Gasteiger partial charge on any atom is 0.270 e. The summed E-state index contributed by atoms with van der Waals surface area (Å²) in [6, 6.07) is 5.34. The van der Waals surface area contributed by atoms with Gasteiger partial charge in [-0.05, 0) is 38.5 Å². The molecule has 9 heteroatoms. The van der Waals surface area contributed by atoms with Crippen molar-refractivity contribution in [2.24, 2.45) is 0 Å². The van der Waals surface area contributed by atoms with Gasteiger partial charge in [-0.1, -0.05) is 24.3 Å². The second-order valence-corrected chi connectivity index (χ2v) is 7.68. The summed E-state index contributed by atoms with van der Waals surface area (Å²) in [5, 5.41) is 22.6. The topological polar surface area (TPSA) is 93.1 Å². The molecule has 1 aromatic rings. The van der Waals surface area contributed by atoms with Crippen LogP contribution in [0.3, 0.4) is 0 Å². The van der Waals surface area contributed by atoms with E-state index < -0.39 is 29.9 Å². The summed E-state index contributed by atoms with van der Waals surface area (Å²) in [5.41, 5.74) is 0.397. The summed E-state index contributed by atoms with van der Waals surface area (Å²) in [7, 11) is 3.54. The Balaban J connectivity index is 1.87. The highest BCUT2D eigenvalue weighted by atomic mass is 19.3. The number of nitrogens with one attached hydrogen (secondary N) is 1. The minimum Gasteiger partial charge on any atom is -0.380 e. The number of benzene rings is 1. The quantitative estimate of drug-likeness (QED) is 0.612. The van der Waals surface area contributed by atoms with Gasteiger partial charge in [0.15, 0.2) is 12.2 Å². The van der Waals surface area contributed by atoms with Gasteiger partial charge >= 0.3 is 0 Å². The molecule has 7 nitrogen and oxygen atoms in total. The third kappa shape index (κ3) is 6.19. The summed E-state index contributed by atoms with van der Waals surface area (Å²) in [4.78, 5) is 28.1. The first kappa shape index (κ1) is 23.2. The monoisotopic (exact) mass is 413 g/mol. The number of hydrogen-bond acceptors (Lipinski definition) is 5. The van der Waals surface area contributed by atoms with Crippen molar-refractivity contribution in [3.8, 4) is 0 Å². The van der Waals surface area contributed by atoms with Crippen LogP contribution in [0.4, 0.5) is 8.78 Å². The van der Waals surface area contributed by atoms with Gasteiger partial charge in [0.05, 0.1) is 0 Å². The van der Waals surface area contributed by atoms with E-state index in [0.29, 0.717) is 5.56 Å². The van der Waals surface area contributed by atoms with Crippen LogP contribution in [0, 0.1) is 0 Å². The molecule has 2 atom stereocenters. The molecule has 0 aliphatic carbocycles. The molecular formula is C20H29F2N3O4. The molecule has 2 rings (SSSR count). The Bertz CT molecular complexity index is 701. The molecule has 162 valence electrons. The minimum atomic E-state index is -2.96. The molecule has 2 amide bonds. The van der Waals surface area contributed by atoms with Gasteiger partial charge in [0.25, 0.3) is 17.7 Å². The Hall–Kier alpha value is -2.10. The fourth-order valence-electron chi connectivity index (χ4n) is 3.26. The van der Waals surface area contributed by atoms with Gasteiger partial charge in [-0.15, -0.1) is 0 Å². The zero-order chi connectivity index (χ0) is 21.8. The highest BCUT2D eigenvalue weighted by Gasteiger charge is 2.35. The lowest BCUT2D eigenvalue weighted by Crippen LogP contribution is -2.53. The van der Waals surface area contributed by atoms with Crippen LogP contribution in [0.25, 0.3) is 0 Å². The number of nitrogens with zero attached hydrogens (tertiary/aromatic N) is 2. The minimum absolute atomic E-state index is 0.0306. The van der Waals surface area contributed by atoms with Crippen molar-refractivity contribution >= 4 is 11.8 Å². The zero-order valence-electron chi connectivity index (χ0n) is 16.9. The molecule has 0 bridgehead atoms. The van der Waals surface area contributed by atoms with Crippen molar-refractivity contribution in [1.82, 2.24) is 15.1 Å². The molecule has 1 fully saturated rings. The number of carbonyl (C=O) groups is 2. The molecule has 1 aliphatic rings. The van der Waals surface area contributed by atoms with E-state index in [1.165, 1.54) is 29.2 Å². The summed E-state index contributed by atoms with van der Waals surface area (Å²) in [5.74, 6) is -4.58. The van der Waals surface area contributed by atoms with Crippen LogP contribution in [0.15, 0.2) is 24.3 Å². The smallest absolute Gasteiger partial charge is 0.270 e. The lowest BCUT2D eigenvalue weighted by atomic mass is 10.0. The highest BCUT2D eigenvalue weighted by Crippen LogP contribution is 2.26. The van der Waals surface area contributed by atoms with E-state index in [1.54, 1.807) is 7.05 Å². The number of alkyl halides is 2. The molecule has 1 heterocycles. The number of aliphatic hydroxyl groups is 2. The first-order chi connectivity index (χ1) is 13.5. The number of hydrogen-bond donors (Lipinski definition) is 3. The normalized spacial score (nSPS) is 18.2. The third-order valence-corrected chi connectivity index (χ3v) is 5.33. The summed E-state index contributed by atoms with van der Waals surface area (Å²) >= 11 is 0. The molecule has 0 unspecified atom stereocenters. The van der Waals surface area contributed by atoms with Crippen molar-refractivity contribution in [3.05, 3.63) is 35.4 Å². The molecular weight excluding hydrogens is 384 g/mol. The second-order valence-electron chi connectivity index (χ2n) is 7.68. The van der Waals surface area contributed by atoms with Crippen LogP contribution in [0.5, 0.6) is 0 Å².